The monoisotopic (exact) mass is 486 g/mol. The summed E-state index contributed by atoms with van der Waals surface area (Å²) in [5.74, 6) is -0.165. The first-order chi connectivity index (χ1) is 16.9. The summed E-state index contributed by atoms with van der Waals surface area (Å²) in [7, 11) is 0. The molecule has 8 heteroatoms. The molecule has 1 amide bonds. The molecule has 7 nitrogen and oxygen atoms in total. The van der Waals surface area contributed by atoms with E-state index < -0.39 is 0 Å². The number of aryl methyl sites for hydroxylation is 2. The zero-order valence-corrected chi connectivity index (χ0v) is 21.3. The van der Waals surface area contributed by atoms with E-state index in [1.165, 1.54) is 5.69 Å². The summed E-state index contributed by atoms with van der Waals surface area (Å²) in [6, 6.07) is 19.8. The summed E-state index contributed by atoms with van der Waals surface area (Å²) in [5, 5.41) is 15.5. The lowest BCUT2D eigenvalue weighted by atomic mass is 10.1. The highest BCUT2D eigenvalue weighted by Crippen LogP contribution is 2.25. The molecule has 1 heterocycles. The number of hydrogen-bond acceptors (Lipinski definition) is 5. The molecule has 0 radical (unpaired) electrons. The Kier molecular flexibility index (Phi) is 7.41. The predicted octanol–water partition coefficient (Wildman–Crippen LogP) is 4.94. The van der Waals surface area contributed by atoms with E-state index in [9.17, 15) is 4.79 Å². The van der Waals surface area contributed by atoms with Gasteiger partial charge in [0.1, 0.15) is 11.0 Å². The van der Waals surface area contributed by atoms with Gasteiger partial charge in [0.2, 0.25) is 5.91 Å². The summed E-state index contributed by atoms with van der Waals surface area (Å²) < 4.78 is 0. The molecular weight excluding hydrogens is 456 g/mol. The number of carbonyl (C=O) groups is 1. The Balaban J connectivity index is 1.50. The van der Waals surface area contributed by atoms with Crippen LogP contribution in [0.3, 0.4) is 0 Å². The Morgan fingerprint density at radius 1 is 0.943 bits per heavy atom. The Hall–Kier alpha value is -3.78. The summed E-state index contributed by atoms with van der Waals surface area (Å²) in [5.41, 5.74) is 7.43. The largest absolute Gasteiger partial charge is 0.372 e. The van der Waals surface area contributed by atoms with Crippen molar-refractivity contribution in [1.29, 1.82) is 0 Å². The number of hydrogen-bond donors (Lipinski definition) is 2. The number of anilines is 2. The number of rotatable bonds is 7. The van der Waals surface area contributed by atoms with Gasteiger partial charge in [-0.3, -0.25) is 4.79 Å². The molecule has 0 unspecified atom stereocenters. The minimum atomic E-state index is -0.165. The van der Waals surface area contributed by atoms with Crippen molar-refractivity contribution in [1.82, 2.24) is 20.3 Å². The minimum Gasteiger partial charge on any atom is -0.372 e. The summed E-state index contributed by atoms with van der Waals surface area (Å²) in [4.78, 5) is 16.3. The highest BCUT2D eigenvalue weighted by atomic mass is 32.1. The summed E-state index contributed by atoms with van der Waals surface area (Å²) in [6.07, 6.45) is 0.265. The van der Waals surface area contributed by atoms with Crippen molar-refractivity contribution in [3.63, 3.8) is 0 Å². The zero-order chi connectivity index (χ0) is 24.9. The average Bonchev–Trinajstić information content (AvgIpc) is 3.23. The Morgan fingerprint density at radius 3 is 2.29 bits per heavy atom. The van der Waals surface area contributed by atoms with Gasteiger partial charge in [0.25, 0.3) is 0 Å². The van der Waals surface area contributed by atoms with Crippen molar-refractivity contribution >= 4 is 45.6 Å². The third-order valence-electron chi connectivity index (χ3n) is 5.96. The molecule has 4 aromatic rings. The van der Waals surface area contributed by atoms with Crippen LogP contribution in [0.4, 0.5) is 11.4 Å². The molecule has 0 aliphatic heterocycles. The number of nitrogens with one attached hydrogen (secondary N) is 2. The Bertz CT molecular complexity index is 1360. The van der Waals surface area contributed by atoms with Crippen molar-refractivity contribution in [3.05, 3.63) is 77.4 Å². The van der Waals surface area contributed by atoms with Gasteiger partial charge in [-0.1, -0.05) is 30.3 Å². The third kappa shape index (κ3) is 5.66. The standard InChI is InChI=1S/C27H30N6OS/c1-5-32(6-2)21-12-13-25(19(4)14-21)33-30-23-15-18(3)22(17-24(23)31-33)28-27(35)29-26(34)16-20-10-8-7-9-11-20/h7-15,17H,5-6,16H2,1-4H3,(H2,28,29,34,35). The maximum atomic E-state index is 12.3. The first-order valence-electron chi connectivity index (χ1n) is 11.8. The maximum Gasteiger partial charge on any atom is 0.230 e. The normalized spacial score (nSPS) is 10.9. The van der Waals surface area contributed by atoms with Gasteiger partial charge in [-0.2, -0.15) is 4.80 Å². The Morgan fingerprint density at radius 2 is 1.63 bits per heavy atom. The van der Waals surface area contributed by atoms with Gasteiger partial charge >= 0.3 is 0 Å². The number of carbonyl (C=O) groups excluding carboxylic acids is 1. The van der Waals surface area contributed by atoms with Crippen LogP contribution in [-0.4, -0.2) is 39.1 Å². The molecule has 0 bridgehead atoms. The summed E-state index contributed by atoms with van der Waals surface area (Å²) >= 11 is 5.37. The van der Waals surface area contributed by atoms with Crippen molar-refractivity contribution in [2.75, 3.05) is 23.3 Å². The first kappa shape index (κ1) is 24.3. The van der Waals surface area contributed by atoms with Crippen LogP contribution in [0.1, 0.15) is 30.5 Å². The van der Waals surface area contributed by atoms with Crippen LogP contribution >= 0.6 is 12.2 Å². The predicted molar refractivity (Wildman–Crippen MR) is 146 cm³/mol. The van der Waals surface area contributed by atoms with Crippen molar-refractivity contribution in [3.8, 4) is 5.69 Å². The zero-order valence-electron chi connectivity index (χ0n) is 20.5. The lowest BCUT2D eigenvalue weighted by Gasteiger charge is -2.22. The van der Waals surface area contributed by atoms with E-state index >= 15 is 0 Å². The van der Waals surface area contributed by atoms with E-state index in [0.717, 1.165) is 52.2 Å². The molecule has 3 aromatic carbocycles. The number of amides is 1. The number of thiocarbonyl (C=S) groups is 1. The fourth-order valence-electron chi connectivity index (χ4n) is 4.07. The second-order valence-electron chi connectivity index (χ2n) is 8.45. The highest BCUT2D eigenvalue weighted by molar-refractivity contribution is 7.80. The van der Waals surface area contributed by atoms with Gasteiger partial charge in [-0.15, -0.1) is 10.2 Å². The van der Waals surface area contributed by atoms with Crippen LogP contribution in [0.15, 0.2) is 60.7 Å². The van der Waals surface area contributed by atoms with Crippen molar-refractivity contribution < 1.29 is 4.79 Å². The number of aromatic nitrogens is 3. The second kappa shape index (κ2) is 10.7. The van der Waals surface area contributed by atoms with Gasteiger partial charge in [-0.05, 0) is 86.9 Å². The number of nitrogens with zero attached hydrogens (tertiary/aromatic N) is 4. The first-order valence-corrected chi connectivity index (χ1v) is 12.2. The molecule has 1 aromatic heterocycles. The molecular formula is C27H30N6OS. The van der Waals surface area contributed by atoms with E-state index in [4.69, 9.17) is 22.4 Å². The van der Waals surface area contributed by atoms with Gasteiger partial charge < -0.3 is 15.5 Å². The third-order valence-corrected chi connectivity index (χ3v) is 6.16. The molecule has 0 aliphatic rings. The molecule has 2 N–H and O–H groups in total. The van der Waals surface area contributed by atoms with Gasteiger partial charge in [0.05, 0.1) is 12.1 Å². The number of fused-ring (bicyclic) bond motifs is 1. The fourth-order valence-corrected chi connectivity index (χ4v) is 4.29. The molecule has 180 valence electrons. The SMILES string of the molecule is CCN(CC)c1ccc(-n2nc3cc(C)c(NC(=S)NC(=O)Cc4ccccc4)cc3n2)c(C)c1. The Labute approximate surface area is 211 Å². The van der Waals surface area contributed by atoms with Crippen LogP contribution < -0.4 is 15.5 Å². The molecule has 0 atom stereocenters. The van der Waals surface area contributed by atoms with Gasteiger partial charge in [0, 0.05) is 24.5 Å². The minimum absolute atomic E-state index is 0.165. The molecule has 35 heavy (non-hydrogen) atoms. The molecule has 0 fully saturated rings. The van der Waals surface area contributed by atoms with Gasteiger partial charge in [-0.25, -0.2) is 0 Å². The van der Waals surface area contributed by atoms with Crippen LogP contribution in [0, 0.1) is 13.8 Å². The molecule has 0 aliphatic carbocycles. The van der Waals surface area contributed by atoms with Crippen LogP contribution in [0.5, 0.6) is 0 Å². The van der Waals surface area contributed by atoms with Crippen LogP contribution in [-0.2, 0) is 11.2 Å². The van der Waals surface area contributed by atoms with Crippen molar-refractivity contribution in [2.45, 2.75) is 34.1 Å². The lowest BCUT2D eigenvalue weighted by Crippen LogP contribution is -2.35. The number of benzene rings is 3. The molecule has 0 saturated heterocycles. The van der Waals surface area contributed by atoms with Crippen LogP contribution in [0.2, 0.25) is 0 Å². The van der Waals surface area contributed by atoms with E-state index in [-0.39, 0.29) is 17.4 Å². The van der Waals surface area contributed by atoms with Crippen LogP contribution in [0.25, 0.3) is 16.7 Å². The highest BCUT2D eigenvalue weighted by Gasteiger charge is 2.13. The van der Waals surface area contributed by atoms with E-state index in [1.807, 2.05) is 49.4 Å². The topological polar surface area (TPSA) is 75.1 Å². The van der Waals surface area contributed by atoms with E-state index in [1.54, 1.807) is 4.80 Å². The van der Waals surface area contributed by atoms with Gasteiger partial charge in [0.15, 0.2) is 5.11 Å². The molecule has 0 saturated carbocycles. The van der Waals surface area contributed by atoms with E-state index in [0.29, 0.717) is 0 Å². The molecule has 4 rings (SSSR count). The smallest absolute Gasteiger partial charge is 0.230 e. The van der Waals surface area contributed by atoms with E-state index in [2.05, 4.69) is 54.5 Å². The van der Waals surface area contributed by atoms with Crippen molar-refractivity contribution in [2.24, 2.45) is 0 Å². The maximum absolute atomic E-state index is 12.3. The fraction of sp³-hybridized carbons (Fsp3) is 0.259. The summed E-state index contributed by atoms with van der Waals surface area (Å²) in [6.45, 7) is 10.3. The second-order valence-corrected chi connectivity index (χ2v) is 8.86. The average molecular weight is 487 g/mol. The quantitative estimate of drug-likeness (QED) is 0.361. The lowest BCUT2D eigenvalue weighted by molar-refractivity contribution is -0.119. The molecule has 0 spiro atoms.